The summed E-state index contributed by atoms with van der Waals surface area (Å²) in [6, 6.07) is 7.09. The van der Waals surface area contributed by atoms with E-state index in [1.165, 1.54) is 0 Å². The van der Waals surface area contributed by atoms with E-state index in [1.807, 2.05) is 12.1 Å². The number of carbonyl (C=O) groups is 1. The van der Waals surface area contributed by atoms with E-state index in [2.05, 4.69) is 33.9 Å². The largest absolute Gasteiger partial charge is 0.543 e. The summed E-state index contributed by atoms with van der Waals surface area (Å²) in [5, 5.41) is 8.67. The molecule has 0 bridgehead atoms. The predicted molar refractivity (Wildman–Crippen MR) is 77.4 cm³/mol. The first-order valence-electron chi connectivity index (χ1n) is 6.25. The lowest BCUT2D eigenvalue weighted by molar-refractivity contribution is -0.139. The van der Waals surface area contributed by atoms with Gasteiger partial charge in [-0.05, 0) is 42.4 Å². The first-order chi connectivity index (χ1) is 8.62. The van der Waals surface area contributed by atoms with Crippen LogP contribution in [0.3, 0.4) is 0 Å². The molecule has 0 aliphatic carbocycles. The second kappa shape index (κ2) is 5.65. The van der Waals surface area contributed by atoms with Crippen molar-refractivity contribution in [1.82, 2.24) is 0 Å². The lowest BCUT2D eigenvalue weighted by atomic mass is 10.2. The van der Waals surface area contributed by atoms with Gasteiger partial charge in [-0.15, -0.1) is 0 Å². The van der Waals surface area contributed by atoms with Crippen LogP contribution in [0, 0.1) is 0 Å². The zero-order chi connectivity index (χ0) is 14.7. The van der Waals surface area contributed by atoms with Gasteiger partial charge in [-0.3, -0.25) is 0 Å². The molecule has 0 aliphatic rings. The number of hydrogen-bond donors (Lipinski definition) is 1. The Bertz CT molecular complexity index is 432. The third-order valence-corrected chi connectivity index (χ3v) is 7.72. The summed E-state index contributed by atoms with van der Waals surface area (Å²) >= 11 is 0. The minimum absolute atomic E-state index is 0.144. The number of carboxylic acid groups (broad SMARTS) is 1. The van der Waals surface area contributed by atoms with E-state index in [9.17, 15) is 4.79 Å². The van der Waals surface area contributed by atoms with Gasteiger partial charge in [0.15, 0.2) is 6.61 Å². The van der Waals surface area contributed by atoms with Gasteiger partial charge in [0.1, 0.15) is 11.5 Å². The van der Waals surface area contributed by atoms with E-state index in [1.54, 1.807) is 12.1 Å². The summed E-state index contributed by atoms with van der Waals surface area (Å²) in [6.07, 6.45) is 0. The van der Waals surface area contributed by atoms with Crippen LogP contribution in [0.1, 0.15) is 20.8 Å². The number of aliphatic carboxylic acids is 1. The third-order valence-electron chi connectivity index (χ3n) is 3.37. The van der Waals surface area contributed by atoms with Gasteiger partial charge in [0.25, 0.3) is 0 Å². The summed E-state index contributed by atoms with van der Waals surface area (Å²) in [5.41, 5.74) is 0. The molecule has 1 rings (SSSR count). The Kier molecular flexibility index (Phi) is 4.63. The molecule has 0 unspecified atom stereocenters. The molecule has 1 aromatic rings. The zero-order valence-electron chi connectivity index (χ0n) is 12.2. The number of hydrogen-bond acceptors (Lipinski definition) is 3. The minimum atomic E-state index is -1.83. The molecule has 0 spiro atoms. The molecule has 0 aliphatic heterocycles. The van der Waals surface area contributed by atoms with E-state index in [0.717, 1.165) is 5.75 Å². The third kappa shape index (κ3) is 4.59. The molecule has 0 saturated heterocycles. The first-order valence-corrected chi connectivity index (χ1v) is 9.16. The van der Waals surface area contributed by atoms with Crippen LogP contribution in [0.2, 0.25) is 18.1 Å². The van der Waals surface area contributed by atoms with Crippen LogP contribution in [0.4, 0.5) is 0 Å². The topological polar surface area (TPSA) is 55.8 Å². The van der Waals surface area contributed by atoms with Crippen molar-refractivity contribution < 1.29 is 19.1 Å². The summed E-state index contributed by atoms with van der Waals surface area (Å²) in [6.45, 7) is 10.6. The minimum Gasteiger partial charge on any atom is -0.543 e. The Balaban J connectivity index is 2.69. The predicted octanol–water partition coefficient (Wildman–Crippen LogP) is 3.53. The summed E-state index contributed by atoms with van der Waals surface area (Å²) in [7, 11) is -1.83. The lowest BCUT2D eigenvalue weighted by Gasteiger charge is -2.36. The molecule has 0 amide bonds. The highest BCUT2D eigenvalue weighted by molar-refractivity contribution is 6.74. The van der Waals surface area contributed by atoms with Gasteiger partial charge < -0.3 is 14.3 Å². The molecular formula is C14H22O4Si. The highest BCUT2D eigenvalue weighted by Crippen LogP contribution is 2.37. The van der Waals surface area contributed by atoms with Crippen LogP contribution in [-0.4, -0.2) is 26.0 Å². The molecule has 0 heterocycles. The van der Waals surface area contributed by atoms with Crippen molar-refractivity contribution in [3.05, 3.63) is 24.3 Å². The fourth-order valence-electron chi connectivity index (χ4n) is 1.20. The van der Waals surface area contributed by atoms with Gasteiger partial charge in [0.2, 0.25) is 8.32 Å². The second-order valence-corrected chi connectivity index (χ2v) is 10.7. The monoisotopic (exact) mass is 282 g/mol. The molecule has 0 aromatic heterocycles. The normalized spacial score (nSPS) is 12.1. The average Bonchev–Trinajstić information content (AvgIpc) is 2.26. The van der Waals surface area contributed by atoms with Crippen molar-refractivity contribution in [2.75, 3.05) is 6.61 Å². The molecule has 0 fully saturated rings. The van der Waals surface area contributed by atoms with Crippen LogP contribution < -0.4 is 9.16 Å². The Morgan fingerprint density at radius 2 is 1.63 bits per heavy atom. The number of rotatable bonds is 5. The van der Waals surface area contributed by atoms with E-state index in [-0.39, 0.29) is 11.6 Å². The summed E-state index contributed by atoms with van der Waals surface area (Å²) < 4.78 is 11.2. The maximum atomic E-state index is 10.4. The number of ether oxygens (including phenoxy) is 1. The van der Waals surface area contributed by atoms with Gasteiger partial charge >= 0.3 is 5.97 Å². The SMILES string of the molecule is CC(C)(C)[Si](C)(C)Oc1ccc(OCC(=O)O)cc1. The van der Waals surface area contributed by atoms with Gasteiger partial charge in [-0.2, -0.15) is 0 Å². The Labute approximate surface area is 115 Å². The molecular weight excluding hydrogens is 260 g/mol. The van der Waals surface area contributed by atoms with Crippen molar-refractivity contribution in [2.45, 2.75) is 38.9 Å². The van der Waals surface area contributed by atoms with Crippen LogP contribution in [-0.2, 0) is 4.79 Å². The van der Waals surface area contributed by atoms with Gasteiger partial charge in [0, 0.05) is 0 Å². The van der Waals surface area contributed by atoms with E-state index in [0.29, 0.717) is 5.75 Å². The fourth-order valence-corrected chi connectivity index (χ4v) is 2.23. The van der Waals surface area contributed by atoms with Crippen LogP contribution >= 0.6 is 0 Å². The Hall–Kier alpha value is -1.49. The molecule has 0 radical (unpaired) electrons. The van der Waals surface area contributed by atoms with Crippen LogP contribution in [0.15, 0.2) is 24.3 Å². The highest BCUT2D eigenvalue weighted by atomic mass is 28.4. The van der Waals surface area contributed by atoms with E-state index < -0.39 is 14.3 Å². The molecule has 4 nitrogen and oxygen atoms in total. The van der Waals surface area contributed by atoms with Gasteiger partial charge in [-0.25, -0.2) is 4.79 Å². The van der Waals surface area contributed by atoms with Crippen LogP contribution in [0.5, 0.6) is 11.5 Å². The van der Waals surface area contributed by atoms with E-state index in [4.69, 9.17) is 14.3 Å². The van der Waals surface area contributed by atoms with Crippen LogP contribution in [0.25, 0.3) is 0 Å². The molecule has 19 heavy (non-hydrogen) atoms. The smallest absolute Gasteiger partial charge is 0.341 e. The molecule has 5 heteroatoms. The zero-order valence-corrected chi connectivity index (χ0v) is 13.2. The summed E-state index contributed by atoms with van der Waals surface area (Å²) in [4.78, 5) is 10.4. The number of benzene rings is 1. The molecule has 106 valence electrons. The number of carboxylic acids is 1. The average molecular weight is 282 g/mol. The lowest BCUT2D eigenvalue weighted by Crippen LogP contribution is -2.43. The molecule has 1 N–H and O–H groups in total. The maximum Gasteiger partial charge on any atom is 0.341 e. The summed E-state index contributed by atoms with van der Waals surface area (Å²) in [5.74, 6) is 0.348. The molecule has 0 atom stereocenters. The van der Waals surface area contributed by atoms with Crippen molar-refractivity contribution >= 4 is 14.3 Å². The van der Waals surface area contributed by atoms with Crippen molar-refractivity contribution in [3.8, 4) is 11.5 Å². The van der Waals surface area contributed by atoms with Crippen molar-refractivity contribution in [3.63, 3.8) is 0 Å². The fraction of sp³-hybridized carbons (Fsp3) is 0.500. The van der Waals surface area contributed by atoms with Gasteiger partial charge in [-0.1, -0.05) is 20.8 Å². The second-order valence-electron chi connectivity index (χ2n) is 6.02. The quantitative estimate of drug-likeness (QED) is 0.839. The molecule has 0 saturated carbocycles. The van der Waals surface area contributed by atoms with Crippen molar-refractivity contribution in [2.24, 2.45) is 0 Å². The Morgan fingerprint density at radius 3 is 2.05 bits per heavy atom. The van der Waals surface area contributed by atoms with E-state index >= 15 is 0 Å². The van der Waals surface area contributed by atoms with Gasteiger partial charge in [0.05, 0.1) is 0 Å². The molecule has 1 aromatic carbocycles. The Morgan fingerprint density at radius 1 is 1.16 bits per heavy atom. The first kappa shape index (κ1) is 15.6. The standard InChI is InChI=1S/C14H22O4Si/c1-14(2,3)19(4,5)18-12-8-6-11(7-9-12)17-10-13(15)16/h6-9H,10H2,1-5H3,(H,15,16). The maximum absolute atomic E-state index is 10.4. The highest BCUT2D eigenvalue weighted by Gasteiger charge is 2.38. The van der Waals surface area contributed by atoms with Crippen molar-refractivity contribution in [1.29, 1.82) is 0 Å².